The first-order chi connectivity index (χ1) is 6.88. The Morgan fingerprint density at radius 3 is 3.29 bits per heavy atom. The maximum Gasteiger partial charge on any atom is 0.151 e. The van der Waals surface area contributed by atoms with Crippen molar-refractivity contribution in [1.29, 1.82) is 0 Å². The maximum atomic E-state index is 4.37. The van der Waals surface area contributed by atoms with Crippen LogP contribution in [0.25, 0.3) is 0 Å². The highest BCUT2D eigenvalue weighted by Crippen LogP contribution is 2.47. The first kappa shape index (κ1) is 8.33. The van der Waals surface area contributed by atoms with E-state index in [1.807, 2.05) is 0 Å². The van der Waals surface area contributed by atoms with E-state index in [0.717, 1.165) is 24.2 Å². The number of hydrogen-bond donors (Lipinski definition) is 2. The van der Waals surface area contributed by atoms with Crippen molar-refractivity contribution in [3.63, 3.8) is 0 Å². The number of nitrogens with zero attached hydrogens (tertiary/aromatic N) is 1. The number of aromatic nitrogens is 2. The smallest absolute Gasteiger partial charge is 0.151 e. The van der Waals surface area contributed by atoms with Crippen LogP contribution in [0, 0.1) is 5.92 Å². The second-order valence-electron chi connectivity index (χ2n) is 4.57. The number of fused-ring (bicyclic) bond motifs is 4. The molecular formula is C11H17N3. The van der Waals surface area contributed by atoms with E-state index in [2.05, 4.69) is 22.4 Å². The first-order valence-corrected chi connectivity index (χ1v) is 5.69. The summed E-state index contributed by atoms with van der Waals surface area (Å²) in [6.45, 7) is 3.09. The van der Waals surface area contributed by atoms with Crippen molar-refractivity contribution >= 4 is 5.82 Å². The van der Waals surface area contributed by atoms with Gasteiger partial charge in [-0.25, -0.2) is 0 Å². The summed E-state index contributed by atoms with van der Waals surface area (Å²) in [5.41, 5.74) is 2.90. The molecule has 14 heavy (non-hydrogen) atoms. The van der Waals surface area contributed by atoms with Crippen molar-refractivity contribution in [3.8, 4) is 0 Å². The second kappa shape index (κ2) is 3.01. The van der Waals surface area contributed by atoms with E-state index in [-0.39, 0.29) is 0 Å². The highest BCUT2D eigenvalue weighted by molar-refractivity contribution is 5.50. The fraction of sp³-hybridized carbons (Fsp3) is 0.727. The molecule has 1 aromatic heterocycles. The van der Waals surface area contributed by atoms with Crippen LogP contribution in [0.15, 0.2) is 0 Å². The molecule has 0 radical (unpaired) electrons. The van der Waals surface area contributed by atoms with Gasteiger partial charge in [-0.1, -0.05) is 0 Å². The standard InChI is InChI=1S/C11H17N3/c1-2-12-11-10-8-4-3-7(5-8)6-9(10)13-14-11/h7-8H,2-6H2,1H3,(H2,12,13,14). The minimum atomic E-state index is 0.788. The van der Waals surface area contributed by atoms with Crippen LogP contribution in [-0.2, 0) is 6.42 Å². The number of H-pyrrole nitrogens is 1. The lowest BCUT2D eigenvalue weighted by Gasteiger charge is -2.19. The molecular weight excluding hydrogens is 174 g/mol. The van der Waals surface area contributed by atoms with E-state index in [0.29, 0.717) is 0 Å². The minimum absolute atomic E-state index is 0.788. The maximum absolute atomic E-state index is 4.37. The molecule has 2 atom stereocenters. The number of aromatic amines is 1. The van der Waals surface area contributed by atoms with Gasteiger partial charge in [0.2, 0.25) is 0 Å². The quantitative estimate of drug-likeness (QED) is 0.753. The zero-order valence-corrected chi connectivity index (χ0v) is 8.64. The monoisotopic (exact) mass is 191 g/mol. The lowest BCUT2D eigenvalue weighted by Crippen LogP contribution is -2.11. The molecule has 2 bridgehead atoms. The van der Waals surface area contributed by atoms with Gasteiger partial charge in [-0.2, -0.15) is 5.10 Å². The molecule has 76 valence electrons. The zero-order valence-electron chi connectivity index (χ0n) is 8.64. The number of anilines is 1. The highest BCUT2D eigenvalue weighted by Gasteiger charge is 2.36. The summed E-state index contributed by atoms with van der Waals surface area (Å²) in [5.74, 6) is 2.84. The van der Waals surface area contributed by atoms with Crippen molar-refractivity contribution in [3.05, 3.63) is 11.3 Å². The van der Waals surface area contributed by atoms with Crippen LogP contribution in [0.4, 0.5) is 5.82 Å². The van der Waals surface area contributed by atoms with Crippen LogP contribution in [0.2, 0.25) is 0 Å². The van der Waals surface area contributed by atoms with E-state index in [9.17, 15) is 0 Å². The molecule has 2 aliphatic carbocycles. The molecule has 2 aliphatic rings. The summed E-state index contributed by atoms with van der Waals surface area (Å²) in [6, 6.07) is 0. The Labute approximate surface area is 84.3 Å². The van der Waals surface area contributed by atoms with Crippen LogP contribution in [-0.4, -0.2) is 16.7 Å². The van der Waals surface area contributed by atoms with Crippen molar-refractivity contribution in [2.24, 2.45) is 5.92 Å². The Hall–Kier alpha value is -0.990. The van der Waals surface area contributed by atoms with Crippen molar-refractivity contribution < 1.29 is 0 Å². The predicted octanol–water partition coefficient (Wildman–Crippen LogP) is 2.28. The molecule has 0 amide bonds. The van der Waals surface area contributed by atoms with Gasteiger partial charge in [0, 0.05) is 17.8 Å². The first-order valence-electron chi connectivity index (χ1n) is 5.69. The average molecular weight is 191 g/mol. The summed E-state index contributed by atoms with van der Waals surface area (Å²) < 4.78 is 0. The Bertz CT molecular complexity index is 342. The molecule has 1 aromatic rings. The predicted molar refractivity (Wildman–Crippen MR) is 56.5 cm³/mol. The Morgan fingerprint density at radius 2 is 2.43 bits per heavy atom. The highest BCUT2D eigenvalue weighted by atomic mass is 15.2. The van der Waals surface area contributed by atoms with Crippen LogP contribution < -0.4 is 5.32 Å². The van der Waals surface area contributed by atoms with Crippen LogP contribution >= 0.6 is 0 Å². The Morgan fingerprint density at radius 1 is 1.50 bits per heavy atom. The van der Waals surface area contributed by atoms with E-state index in [4.69, 9.17) is 0 Å². The molecule has 1 fully saturated rings. The Kier molecular flexibility index (Phi) is 1.79. The molecule has 3 heteroatoms. The lowest BCUT2D eigenvalue weighted by molar-refractivity contribution is 0.504. The molecule has 0 saturated heterocycles. The van der Waals surface area contributed by atoms with Crippen LogP contribution in [0.5, 0.6) is 0 Å². The minimum Gasteiger partial charge on any atom is -0.369 e. The van der Waals surface area contributed by atoms with Crippen LogP contribution in [0.3, 0.4) is 0 Å². The molecule has 0 aliphatic heterocycles. The number of nitrogens with one attached hydrogen (secondary N) is 2. The van der Waals surface area contributed by atoms with Gasteiger partial charge in [0.1, 0.15) is 0 Å². The SMILES string of the molecule is CCNc1n[nH]c2c1C1CCC(C2)C1. The second-order valence-corrected chi connectivity index (χ2v) is 4.57. The van der Waals surface area contributed by atoms with Crippen molar-refractivity contribution in [2.45, 2.75) is 38.5 Å². The summed E-state index contributed by atoms with van der Waals surface area (Å²) >= 11 is 0. The van der Waals surface area contributed by atoms with E-state index >= 15 is 0 Å². The molecule has 3 rings (SSSR count). The van der Waals surface area contributed by atoms with E-state index in [1.165, 1.54) is 36.9 Å². The third-order valence-corrected chi connectivity index (χ3v) is 3.67. The van der Waals surface area contributed by atoms with Gasteiger partial charge in [-0.05, 0) is 44.4 Å². The average Bonchev–Trinajstić information content (AvgIpc) is 2.74. The van der Waals surface area contributed by atoms with Gasteiger partial charge >= 0.3 is 0 Å². The molecule has 2 N–H and O–H groups in total. The topological polar surface area (TPSA) is 40.7 Å². The van der Waals surface area contributed by atoms with Gasteiger partial charge in [-0.15, -0.1) is 0 Å². The normalized spacial score (nSPS) is 28.9. The lowest BCUT2D eigenvalue weighted by atomic mass is 9.87. The van der Waals surface area contributed by atoms with Crippen molar-refractivity contribution in [2.75, 3.05) is 11.9 Å². The molecule has 2 unspecified atom stereocenters. The summed E-state index contributed by atoms with van der Waals surface area (Å²) in [5, 5.41) is 10.9. The molecule has 1 heterocycles. The van der Waals surface area contributed by atoms with Gasteiger partial charge < -0.3 is 5.32 Å². The molecule has 1 saturated carbocycles. The summed E-state index contributed by atoms with van der Waals surface area (Å²) in [6.07, 6.45) is 5.41. The van der Waals surface area contributed by atoms with Gasteiger partial charge in [0.25, 0.3) is 0 Å². The van der Waals surface area contributed by atoms with E-state index in [1.54, 1.807) is 0 Å². The Balaban J connectivity index is 2.00. The number of hydrogen-bond acceptors (Lipinski definition) is 2. The molecule has 3 nitrogen and oxygen atoms in total. The third kappa shape index (κ3) is 1.08. The molecule has 0 spiro atoms. The largest absolute Gasteiger partial charge is 0.369 e. The van der Waals surface area contributed by atoms with Gasteiger partial charge in [-0.3, -0.25) is 5.10 Å². The van der Waals surface area contributed by atoms with Crippen molar-refractivity contribution in [1.82, 2.24) is 10.2 Å². The fourth-order valence-corrected chi connectivity index (χ4v) is 3.10. The molecule has 0 aromatic carbocycles. The third-order valence-electron chi connectivity index (χ3n) is 3.67. The summed E-state index contributed by atoms with van der Waals surface area (Å²) in [4.78, 5) is 0. The van der Waals surface area contributed by atoms with Gasteiger partial charge in [0.15, 0.2) is 5.82 Å². The zero-order chi connectivity index (χ0) is 9.54. The fourth-order valence-electron chi connectivity index (χ4n) is 3.10. The van der Waals surface area contributed by atoms with Crippen LogP contribution in [0.1, 0.15) is 43.4 Å². The summed E-state index contributed by atoms with van der Waals surface area (Å²) in [7, 11) is 0. The van der Waals surface area contributed by atoms with E-state index < -0.39 is 0 Å². The van der Waals surface area contributed by atoms with Gasteiger partial charge in [0.05, 0.1) is 0 Å². The number of rotatable bonds is 2.